The van der Waals surface area contributed by atoms with Gasteiger partial charge in [0.05, 0.1) is 11.9 Å². The lowest BCUT2D eigenvalue weighted by Gasteiger charge is -2.09. The number of hydrogen-bond donors (Lipinski definition) is 1. The molecule has 8 heteroatoms. The second-order valence-corrected chi connectivity index (χ2v) is 7.53. The summed E-state index contributed by atoms with van der Waals surface area (Å²) in [6.07, 6.45) is 1.73. The summed E-state index contributed by atoms with van der Waals surface area (Å²) in [5, 5.41) is 10.9. The first kappa shape index (κ1) is 17.6. The maximum Gasteiger partial charge on any atom is 0.350 e. The zero-order valence-electron chi connectivity index (χ0n) is 15.7. The molecule has 0 amide bonds. The molecule has 0 aliphatic heterocycles. The first-order chi connectivity index (χ1) is 14.2. The largest absolute Gasteiger partial charge is 0.368 e. The van der Waals surface area contributed by atoms with Crippen molar-refractivity contribution >= 4 is 33.0 Å². The summed E-state index contributed by atoms with van der Waals surface area (Å²) in [5.41, 5.74) is 2.73. The number of aryl methyl sites for hydroxylation is 1. The molecule has 0 fully saturated rings. The van der Waals surface area contributed by atoms with Crippen LogP contribution in [0.3, 0.4) is 0 Å². The number of fused-ring (bicyclic) bond motifs is 2. The predicted octanol–water partition coefficient (Wildman–Crippen LogP) is 3.59. The summed E-state index contributed by atoms with van der Waals surface area (Å²) >= 11 is 1.61. The molecular formula is C21H18N6OS. The molecule has 0 unspecified atom stereocenters. The van der Waals surface area contributed by atoms with Gasteiger partial charge in [0.15, 0.2) is 5.65 Å². The minimum Gasteiger partial charge on any atom is -0.368 e. The van der Waals surface area contributed by atoms with Crippen LogP contribution < -0.4 is 11.0 Å². The van der Waals surface area contributed by atoms with Crippen LogP contribution in [0.25, 0.3) is 27.0 Å². The van der Waals surface area contributed by atoms with Crippen LogP contribution in [0.15, 0.2) is 64.9 Å². The zero-order chi connectivity index (χ0) is 19.8. The van der Waals surface area contributed by atoms with Gasteiger partial charge in [-0.2, -0.15) is 0 Å². The third kappa shape index (κ3) is 3.17. The van der Waals surface area contributed by atoms with Crippen molar-refractivity contribution in [2.75, 3.05) is 11.9 Å². The highest BCUT2D eigenvalue weighted by atomic mass is 32.1. The third-order valence-electron chi connectivity index (χ3n) is 4.73. The van der Waals surface area contributed by atoms with Crippen LogP contribution in [0.1, 0.15) is 5.82 Å². The molecular weight excluding hydrogens is 384 g/mol. The number of rotatable bonds is 5. The monoisotopic (exact) mass is 402 g/mol. The molecule has 7 nitrogen and oxygen atoms in total. The Morgan fingerprint density at radius 1 is 1.07 bits per heavy atom. The van der Waals surface area contributed by atoms with Gasteiger partial charge in [-0.25, -0.2) is 19.4 Å². The van der Waals surface area contributed by atoms with Gasteiger partial charge in [0.2, 0.25) is 0 Å². The Morgan fingerprint density at radius 2 is 1.90 bits per heavy atom. The van der Waals surface area contributed by atoms with Gasteiger partial charge in [0.25, 0.3) is 0 Å². The van der Waals surface area contributed by atoms with Crippen LogP contribution >= 0.6 is 11.3 Å². The van der Waals surface area contributed by atoms with Gasteiger partial charge in [0, 0.05) is 23.7 Å². The van der Waals surface area contributed by atoms with E-state index < -0.39 is 0 Å². The number of aromatic nitrogens is 5. The summed E-state index contributed by atoms with van der Waals surface area (Å²) < 4.78 is 3.01. The van der Waals surface area contributed by atoms with Crippen molar-refractivity contribution in [1.29, 1.82) is 0 Å². The molecule has 4 heterocycles. The molecule has 0 aliphatic carbocycles. The highest BCUT2D eigenvalue weighted by Gasteiger charge is 2.14. The number of pyridine rings is 1. The fourth-order valence-corrected chi connectivity index (χ4v) is 4.39. The Kier molecular flexibility index (Phi) is 4.33. The molecule has 0 aliphatic rings. The molecule has 5 rings (SSSR count). The average molecular weight is 402 g/mol. The minimum atomic E-state index is -0.146. The van der Waals surface area contributed by atoms with Crippen molar-refractivity contribution in [3.05, 3.63) is 76.4 Å². The quantitative estimate of drug-likeness (QED) is 0.486. The smallest absolute Gasteiger partial charge is 0.350 e. The summed E-state index contributed by atoms with van der Waals surface area (Å²) in [5.74, 6) is 1.50. The van der Waals surface area contributed by atoms with E-state index >= 15 is 0 Å². The van der Waals surface area contributed by atoms with Crippen molar-refractivity contribution in [2.24, 2.45) is 0 Å². The molecule has 0 radical (unpaired) electrons. The topological polar surface area (TPSA) is 77.1 Å². The fourth-order valence-electron chi connectivity index (χ4n) is 3.40. The van der Waals surface area contributed by atoms with Crippen molar-refractivity contribution in [2.45, 2.75) is 13.5 Å². The molecule has 5 aromatic rings. The maximum absolute atomic E-state index is 12.4. The van der Waals surface area contributed by atoms with Gasteiger partial charge in [-0.3, -0.25) is 4.40 Å². The molecule has 29 heavy (non-hydrogen) atoms. The molecule has 0 saturated heterocycles. The Hall–Kier alpha value is -3.52. The van der Waals surface area contributed by atoms with Gasteiger partial charge >= 0.3 is 5.69 Å². The molecule has 0 atom stereocenters. The molecule has 144 valence electrons. The first-order valence-corrected chi connectivity index (χ1v) is 10.2. The van der Waals surface area contributed by atoms with Crippen LogP contribution in [0, 0.1) is 6.92 Å². The fraction of sp³-hybridized carbons (Fsp3) is 0.143. The Bertz CT molecular complexity index is 1370. The standard InChI is InChI=1S/C21H18N6OS/c1-14-23-19(18-16(13-29-20(18)24-14)15-7-3-2-4-8-15)22-10-12-27-21(28)26-11-6-5-9-17(26)25-27/h2-9,11,13H,10,12H2,1H3,(H,22,23,24). The van der Waals surface area contributed by atoms with Crippen LogP contribution in [0.5, 0.6) is 0 Å². The normalized spacial score (nSPS) is 11.3. The van der Waals surface area contributed by atoms with Gasteiger partial charge in [-0.05, 0) is 24.6 Å². The molecule has 0 spiro atoms. The van der Waals surface area contributed by atoms with Crippen LogP contribution in [-0.4, -0.2) is 30.7 Å². The third-order valence-corrected chi connectivity index (χ3v) is 5.61. The first-order valence-electron chi connectivity index (χ1n) is 9.30. The van der Waals surface area contributed by atoms with E-state index in [-0.39, 0.29) is 5.69 Å². The number of benzene rings is 1. The average Bonchev–Trinajstić information content (AvgIpc) is 3.30. The number of nitrogens with zero attached hydrogens (tertiary/aromatic N) is 5. The molecule has 4 aromatic heterocycles. The van der Waals surface area contributed by atoms with Crippen LogP contribution in [0.4, 0.5) is 5.82 Å². The number of hydrogen-bond acceptors (Lipinski definition) is 6. The van der Waals surface area contributed by atoms with Crippen molar-refractivity contribution < 1.29 is 0 Å². The second kappa shape index (κ2) is 7.14. The molecule has 0 bridgehead atoms. The molecule has 1 aromatic carbocycles. The summed E-state index contributed by atoms with van der Waals surface area (Å²) in [6.45, 7) is 2.86. The van der Waals surface area contributed by atoms with Gasteiger partial charge in [0.1, 0.15) is 16.5 Å². The SMILES string of the molecule is Cc1nc(NCCn2nc3ccccn3c2=O)c2c(-c3ccccc3)csc2n1. The Morgan fingerprint density at radius 3 is 2.72 bits per heavy atom. The Balaban J connectivity index is 1.46. The lowest BCUT2D eigenvalue weighted by Crippen LogP contribution is -2.24. The minimum absolute atomic E-state index is 0.146. The zero-order valence-corrected chi connectivity index (χ0v) is 16.6. The number of thiophene rings is 1. The van der Waals surface area contributed by atoms with E-state index in [2.05, 4.69) is 37.9 Å². The van der Waals surface area contributed by atoms with Gasteiger partial charge in [-0.15, -0.1) is 16.4 Å². The van der Waals surface area contributed by atoms with E-state index in [0.29, 0.717) is 24.6 Å². The lowest BCUT2D eigenvalue weighted by molar-refractivity contribution is 0.613. The summed E-state index contributed by atoms with van der Waals surface area (Å²) in [6, 6.07) is 15.7. The lowest BCUT2D eigenvalue weighted by atomic mass is 10.1. The summed E-state index contributed by atoms with van der Waals surface area (Å²) in [7, 11) is 0. The predicted molar refractivity (Wildman–Crippen MR) is 116 cm³/mol. The van der Waals surface area contributed by atoms with E-state index in [1.165, 1.54) is 4.68 Å². The van der Waals surface area contributed by atoms with Crippen molar-refractivity contribution in [3.63, 3.8) is 0 Å². The highest BCUT2D eigenvalue weighted by Crippen LogP contribution is 2.36. The molecule has 1 N–H and O–H groups in total. The van der Waals surface area contributed by atoms with E-state index in [1.54, 1.807) is 21.9 Å². The highest BCUT2D eigenvalue weighted by molar-refractivity contribution is 7.17. The number of anilines is 1. The van der Waals surface area contributed by atoms with Crippen molar-refractivity contribution in [1.82, 2.24) is 24.1 Å². The van der Waals surface area contributed by atoms with E-state index in [9.17, 15) is 4.79 Å². The molecule has 0 saturated carbocycles. The summed E-state index contributed by atoms with van der Waals surface area (Å²) in [4.78, 5) is 22.6. The van der Waals surface area contributed by atoms with E-state index in [1.807, 2.05) is 43.3 Å². The second-order valence-electron chi connectivity index (χ2n) is 6.68. The van der Waals surface area contributed by atoms with Crippen LogP contribution in [0.2, 0.25) is 0 Å². The van der Waals surface area contributed by atoms with Crippen LogP contribution in [-0.2, 0) is 6.54 Å². The van der Waals surface area contributed by atoms with E-state index in [0.717, 1.165) is 27.2 Å². The van der Waals surface area contributed by atoms with Gasteiger partial charge in [-0.1, -0.05) is 36.4 Å². The maximum atomic E-state index is 12.4. The van der Waals surface area contributed by atoms with Crippen molar-refractivity contribution in [3.8, 4) is 11.1 Å². The Labute approximate surface area is 170 Å². The van der Waals surface area contributed by atoms with Gasteiger partial charge < -0.3 is 5.32 Å². The van der Waals surface area contributed by atoms with E-state index in [4.69, 9.17) is 0 Å². The number of nitrogens with one attached hydrogen (secondary N) is 1.